The highest BCUT2D eigenvalue weighted by atomic mass is 16.5. The van der Waals surface area contributed by atoms with Crippen molar-refractivity contribution in [2.45, 2.75) is 19.8 Å². The Balaban J connectivity index is 2.21. The van der Waals surface area contributed by atoms with Crippen molar-refractivity contribution in [3.63, 3.8) is 0 Å². The Labute approximate surface area is 122 Å². The molecule has 0 N–H and O–H groups in total. The molecule has 4 heteroatoms. The van der Waals surface area contributed by atoms with Crippen molar-refractivity contribution >= 4 is 21.9 Å². The van der Waals surface area contributed by atoms with E-state index in [2.05, 4.69) is 4.98 Å². The summed E-state index contributed by atoms with van der Waals surface area (Å²) in [5, 5.41) is 1.46. The topological polar surface area (TPSA) is 52.3 Å². The molecule has 0 atom stereocenters. The van der Waals surface area contributed by atoms with Crippen LogP contribution in [0.3, 0.4) is 0 Å². The summed E-state index contributed by atoms with van der Waals surface area (Å²) in [6, 6.07) is 7.49. The van der Waals surface area contributed by atoms with Crippen molar-refractivity contribution in [1.82, 2.24) is 4.98 Å². The van der Waals surface area contributed by atoms with Gasteiger partial charge in [-0.1, -0.05) is 12.1 Å². The van der Waals surface area contributed by atoms with Crippen LogP contribution >= 0.6 is 0 Å². The number of fused-ring (bicyclic) bond motifs is 3. The van der Waals surface area contributed by atoms with Crippen molar-refractivity contribution in [3.05, 3.63) is 52.0 Å². The standard InChI is InChI=1S/C17H17NO3/c1-11-12(6-5-9-20-2)10-18-16-13-7-3-4-8-14(13)21-17(19)15(11)16/h3-4,7-8,10H,5-6,9H2,1-2H3. The van der Waals surface area contributed by atoms with Crippen LogP contribution in [-0.2, 0) is 11.2 Å². The SMILES string of the molecule is COCCCc1cnc2c(c1C)c(=O)oc1ccccc12. The predicted octanol–water partition coefficient (Wildman–Crippen LogP) is 3.23. The lowest BCUT2D eigenvalue weighted by atomic mass is 10.0. The van der Waals surface area contributed by atoms with E-state index in [1.807, 2.05) is 31.3 Å². The maximum absolute atomic E-state index is 12.3. The first-order chi connectivity index (χ1) is 10.2. The van der Waals surface area contributed by atoms with E-state index < -0.39 is 0 Å². The van der Waals surface area contributed by atoms with Crippen molar-refractivity contribution in [3.8, 4) is 0 Å². The third-order valence-electron chi connectivity index (χ3n) is 3.79. The molecule has 0 saturated carbocycles. The molecule has 21 heavy (non-hydrogen) atoms. The number of pyridine rings is 1. The van der Waals surface area contributed by atoms with Gasteiger partial charge in [0.2, 0.25) is 0 Å². The van der Waals surface area contributed by atoms with E-state index in [0.717, 1.165) is 34.9 Å². The highest BCUT2D eigenvalue weighted by Gasteiger charge is 2.13. The molecule has 3 aromatic rings. The molecular weight excluding hydrogens is 266 g/mol. The van der Waals surface area contributed by atoms with E-state index in [1.165, 1.54) is 0 Å². The van der Waals surface area contributed by atoms with Gasteiger partial charge in [-0.05, 0) is 43.0 Å². The molecule has 0 aliphatic rings. The minimum atomic E-state index is -0.317. The molecule has 0 aliphatic carbocycles. The average molecular weight is 283 g/mol. The first-order valence-electron chi connectivity index (χ1n) is 7.01. The molecule has 0 unspecified atom stereocenters. The second-order valence-corrected chi connectivity index (χ2v) is 5.11. The lowest BCUT2D eigenvalue weighted by Crippen LogP contribution is -2.06. The Bertz CT molecular complexity index is 852. The minimum Gasteiger partial charge on any atom is -0.422 e. The van der Waals surface area contributed by atoms with E-state index in [0.29, 0.717) is 17.6 Å². The summed E-state index contributed by atoms with van der Waals surface area (Å²) in [6.07, 6.45) is 3.61. The zero-order chi connectivity index (χ0) is 14.8. The molecule has 108 valence electrons. The summed E-state index contributed by atoms with van der Waals surface area (Å²) < 4.78 is 10.5. The van der Waals surface area contributed by atoms with E-state index in [1.54, 1.807) is 13.2 Å². The first-order valence-corrected chi connectivity index (χ1v) is 7.01. The fourth-order valence-electron chi connectivity index (χ4n) is 2.66. The maximum atomic E-state index is 12.3. The Morgan fingerprint density at radius 1 is 1.29 bits per heavy atom. The molecular formula is C17H17NO3. The van der Waals surface area contributed by atoms with Crippen LogP contribution in [0.2, 0.25) is 0 Å². The molecule has 1 aromatic carbocycles. The second kappa shape index (κ2) is 5.66. The number of nitrogens with zero attached hydrogens (tertiary/aromatic N) is 1. The highest BCUT2D eigenvalue weighted by molar-refractivity contribution is 6.02. The molecule has 0 saturated heterocycles. The molecule has 3 rings (SSSR count). The number of aromatic nitrogens is 1. The number of hydrogen-bond donors (Lipinski definition) is 0. The van der Waals surface area contributed by atoms with Gasteiger partial charge in [0.1, 0.15) is 5.58 Å². The van der Waals surface area contributed by atoms with Gasteiger partial charge in [0.25, 0.3) is 0 Å². The monoisotopic (exact) mass is 283 g/mol. The smallest absolute Gasteiger partial charge is 0.346 e. The summed E-state index contributed by atoms with van der Waals surface area (Å²) in [4.78, 5) is 16.8. The number of ether oxygens (including phenoxy) is 1. The Kier molecular flexibility index (Phi) is 3.71. The summed E-state index contributed by atoms with van der Waals surface area (Å²) in [6.45, 7) is 2.65. The van der Waals surface area contributed by atoms with Crippen LogP contribution in [0.25, 0.3) is 21.9 Å². The van der Waals surface area contributed by atoms with Crippen LogP contribution in [0.15, 0.2) is 39.7 Å². The third-order valence-corrected chi connectivity index (χ3v) is 3.79. The van der Waals surface area contributed by atoms with Gasteiger partial charge < -0.3 is 9.15 Å². The van der Waals surface area contributed by atoms with Gasteiger partial charge in [-0.15, -0.1) is 0 Å². The average Bonchev–Trinajstić information content (AvgIpc) is 2.49. The van der Waals surface area contributed by atoms with E-state index >= 15 is 0 Å². The van der Waals surface area contributed by atoms with Crippen molar-refractivity contribution in [2.24, 2.45) is 0 Å². The van der Waals surface area contributed by atoms with Crippen molar-refractivity contribution in [2.75, 3.05) is 13.7 Å². The molecule has 2 heterocycles. The normalized spacial score (nSPS) is 11.3. The third kappa shape index (κ3) is 2.43. The second-order valence-electron chi connectivity index (χ2n) is 5.11. The summed E-state index contributed by atoms with van der Waals surface area (Å²) in [5.74, 6) is 0. The zero-order valence-electron chi connectivity index (χ0n) is 12.2. The number of para-hydroxylation sites is 1. The van der Waals surface area contributed by atoms with E-state index in [-0.39, 0.29) is 5.63 Å². The molecule has 0 amide bonds. The lowest BCUT2D eigenvalue weighted by Gasteiger charge is -2.09. The van der Waals surface area contributed by atoms with Gasteiger partial charge in [-0.25, -0.2) is 4.79 Å². The van der Waals surface area contributed by atoms with Crippen LogP contribution < -0.4 is 5.63 Å². The molecule has 0 spiro atoms. The minimum absolute atomic E-state index is 0.317. The number of aryl methyl sites for hydroxylation is 2. The molecule has 0 bridgehead atoms. The molecule has 0 aliphatic heterocycles. The quantitative estimate of drug-likeness (QED) is 0.419. The summed E-state index contributed by atoms with van der Waals surface area (Å²) in [7, 11) is 1.69. The number of hydrogen-bond acceptors (Lipinski definition) is 4. The molecule has 0 radical (unpaired) electrons. The van der Waals surface area contributed by atoms with Gasteiger partial charge >= 0.3 is 5.63 Å². The molecule has 0 fully saturated rings. The van der Waals surface area contributed by atoms with Crippen LogP contribution in [0.4, 0.5) is 0 Å². The van der Waals surface area contributed by atoms with Crippen LogP contribution in [0.5, 0.6) is 0 Å². The number of rotatable bonds is 4. The summed E-state index contributed by atoms with van der Waals surface area (Å²) in [5.41, 5.74) is 3.00. The first kappa shape index (κ1) is 13.8. The zero-order valence-corrected chi connectivity index (χ0v) is 12.2. The van der Waals surface area contributed by atoms with Crippen LogP contribution in [0, 0.1) is 6.92 Å². The van der Waals surface area contributed by atoms with Crippen LogP contribution in [-0.4, -0.2) is 18.7 Å². The maximum Gasteiger partial charge on any atom is 0.346 e. The fraction of sp³-hybridized carbons (Fsp3) is 0.294. The van der Waals surface area contributed by atoms with Crippen molar-refractivity contribution in [1.29, 1.82) is 0 Å². The fourth-order valence-corrected chi connectivity index (χ4v) is 2.66. The van der Waals surface area contributed by atoms with Gasteiger partial charge in [-0.2, -0.15) is 0 Å². The van der Waals surface area contributed by atoms with Gasteiger partial charge in [0.15, 0.2) is 0 Å². The Morgan fingerprint density at radius 2 is 2.10 bits per heavy atom. The lowest BCUT2D eigenvalue weighted by molar-refractivity contribution is 0.195. The number of benzene rings is 1. The molecule has 4 nitrogen and oxygen atoms in total. The number of methoxy groups -OCH3 is 1. The largest absolute Gasteiger partial charge is 0.422 e. The Hall–Kier alpha value is -2.20. The summed E-state index contributed by atoms with van der Waals surface area (Å²) >= 11 is 0. The van der Waals surface area contributed by atoms with Crippen LogP contribution in [0.1, 0.15) is 17.5 Å². The van der Waals surface area contributed by atoms with Crippen molar-refractivity contribution < 1.29 is 9.15 Å². The Morgan fingerprint density at radius 3 is 2.90 bits per heavy atom. The van der Waals surface area contributed by atoms with Gasteiger partial charge in [0, 0.05) is 25.3 Å². The highest BCUT2D eigenvalue weighted by Crippen LogP contribution is 2.24. The van der Waals surface area contributed by atoms with E-state index in [9.17, 15) is 4.79 Å². The van der Waals surface area contributed by atoms with Gasteiger partial charge in [0.05, 0.1) is 10.9 Å². The molecule has 2 aromatic heterocycles. The van der Waals surface area contributed by atoms with Gasteiger partial charge in [-0.3, -0.25) is 4.98 Å². The predicted molar refractivity (Wildman–Crippen MR) is 82.7 cm³/mol. The van der Waals surface area contributed by atoms with E-state index in [4.69, 9.17) is 9.15 Å².